The fourth-order valence-corrected chi connectivity index (χ4v) is 3.16. The molecule has 0 spiro atoms. The van der Waals surface area contributed by atoms with E-state index in [0.29, 0.717) is 37.5 Å². The monoisotopic (exact) mass is 389 g/mol. The lowest BCUT2D eigenvalue weighted by molar-refractivity contribution is -0.135. The van der Waals surface area contributed by atoms with Gasteiger partial charge in [0.1, 0.15) is 5.75 Å². The summed E-state index contributed by atoms with van der Waals surface area (Å²) in [6, 6.07) is 6.00. The Bertz CT molecular complexity index is 649. The summed E-state index contributed by atoms with van der Waals surface area (Å²) < 4.78 is 31.5. The van der Waals surface area contributed by atoms with Gasteiger partial charge in [-0.2, -0.15) is 0 Å². The van der Waals surface area contributed by atoms with E-state index in [4.69, 9.17) is 4.74 Å². The molecule has 1 N–H and O–H groups in total. The van der Waals surface area contributed by atoms with Crippen molar-refractivity contribution in [3.8, 4) is 5.75 Å². The first-order valence-electron chi connectivity index (χ1n) is 8.23. The SMILES string of the molecule is COc1ccc(C(=O)N2CCN(C(=O)C3CC(F)(F)CN3)CC2)cc1.Cl. The van der Waals surface area contributed by atoms with Crippen LogP contribution in [0.3, 0.4) is 0 Å². The molecule has 2 fully saturated rings. The number of hydrogen-bond donors (Lipinski definition) is 1. The van der Waals surface area contributed by atoms with Crippen molar-refractivity contribution >= 4 is 24.2 Å². The van der Waals surface area contributed by atoms with Gasteiger partial charge in [0.25, 0.3) is 11.8 Å². The first kappa shape index (κ1) is 20.4. The fourth-order valence-electron chi connectivity index (χ4n) is 3.16. The number of amides is 2. The van der Waals surface area contributed by atoms with Gasteiger partial charge in [0.2, 0.25) is 5.91 Å². The average Bonchev–Trinajstić information content (AvgIpc) is 3.00. The van der Waals surface area contributed by atoms with Crippen molar-refractivity contribution in [2.24, 2.45) is 0 Å². The number of piperazine rings is 1. The largest absolute Gasteiger partial charge is 0.497 e. The van der Waals surface area contributed by atoms with Gasteiger partial charge in [-0.15, -0.1) is 12.4 Å². The van der Waals surface area contributed by atoms with Crippen LogP contribution < -0.4 is 10.1 Å². The number of ether oxygens (including phenoxy) is 1. The van der Waals surface area contributed by atoms with Gasteiger partial charge in [0.15, 0.2) is 0 Å². The molecule has 144 valence electrons. The van der Waals surface area contributed by atoms with Crippen molar-refractivity contribution in [2.45, 2.75) is 18.4 Å². The van der Waals surface area contributed by atoms with Crippen LogP contribution in [0.5, 0.6) is 5.75 Å². The van der Waals surface area contributed by atoms with E-state index >= 15 is 0 Å². The summed E-state index contributed by atoms with van der Waals surface area (Å²) in [5, 5.41) is 2.58. The number of rotatable bonds is 3. The Morgan fingerprint density at radius 1 is 1.12 bits per heavy atom. The number of nitrogens with zero attached hydrogens (tertiary/aromatic N) is 2. The van der Waals surface area contributed by atoms with Crippen LogP contribution in [0.15, 0.2) is 24.3 Å². The number of carbonyl (C=O) groups excluding carboxylic acids is 2. The minimum absolute atomic E-state index is 0. The van der Waals surface area contributed by atoms with Gasteiger partial charge in [0.05, 0.1) is 19.7 Å². The summed E-state index contributed by atoms with van der Waals surface area (Å²) in [4.78, 5) is 28.0. The minimum Gasteiger partial charge on any atom is -0.497 e. The Labute approximate surface area is 156 Å². The molecule has 3 rings (SSSR count). The minimum atomic E-state index is -2.83. The average molecular weight is 390 g/mol. The Morgan fingerprint density at radius 3 is 2.19 bits per heavy atom. The molecule has 0 saturated carbocycles. The maximum atomic E-state index is 13.2. The number of halogens is 3. The summed E-state index contributed by atoms with van der Waals surface area (Å²) in [5.41, 5.74) is 0.553. The number of methoxy groups -OCH3 is 1. The molecule has 2 saturated heterocycles. The third-order valence-electron chi connectivity index (χ3n) is 4.62. The predicted octanol–water partition coefficient (Wildman–Crippen LogP) is 1.40. The second kappa shape index (κ2) is 8.18. The van der Waals surface area contributed by atoms with E-state index in [1.165, 1.54) is 0 Å². The number of benzene rings is 1. The Hall–Kier alpha value is -1.93. The van der Waals surface area contributed by atoms with Crippen LogP contribution in [-0.2, 0) is 4.79 Å². The molecular weight excluding hydrogens is 368 g/mol. The smallest absolute Gasteiger partial charge is 0.262 e. The summed E-state index contributed by atoms with van der Waals surface area (Å²) in [5.74, 6) is -2.58. The molecule has 2 aliphatic heterocycles. The van der Waals surface area contributed by atoms with E-state index in [0.717, 1.165) is 0 Å². The number of carbonyl (C=O) groups is 2. The van der Waals surface area contributed by atoms with Crippen molar-refractivity contribution in [3.63, 3.8) is 0 Å². The third kappa shape index (κ3) is 4.42. The van der Waals surface area contributed by atoms with Crippen molar-refractivity contribution in [3.05, 3.63) is 29.8 Å². The van der Waals surface area contributed by atoms with E-state index in [1.54, 1.807) is 41.2 Å². The van der Waals surface area contributed by atoms with Gasteiger partial charge in [-0.05, 0) is 24.3 Å². The number of alkyl halides is 2. The maximum Gasteiger partial charge on any atom is 0.262 e. The highest BCUT2D eigenvalue weighted by Crippen LogP contribution is 2.26. The third-order valence-corrected chi connectivity index (χ3v) is 4.62. The van der Waals surface area contributed by atoms with Crippen LogP contribution in [0.4, 0.5) is 8.78 Å². The molecule has 0 aliphatic carbocycles. The molecule has 6 nitrogen and oxygen atoms in total. The summed E-state index contributed by atoms with van der Waals surface area (Å²) in [7, 11) is 1.56. The molecule has 0 aromatic heterocycles. The maximum absolute atomic E-state index is 13.2. The fraction of sp³-hybridized carbons (Fsp3) is 0.529. The van der Waals surface area contributed by atoms with Crippen molar-refractivity contribution in [2.75, 3.05) is 39.8 Å². The molecule has 1 atom stereocenters. The summed E-state index contributed by atoms with van der Waals surface area (Å²) in [6.07, 6.45) is -0.461. The highest BCUT2D eigenvalue weighted by molar-refractivity contribution is 5.94. The highest BCUT2D eigenvalue weighted by atomic mass is 35.5. The van der Waals surface area contributed by atoms with Crippen LogP contribution in [0.25, 0.3) is 0 Å². The zero-order chi connectivity index (χ0) is 18.0. The van der Waals surface area contributed by atoms with E-state index in [1.807, 2.05) is 0 Å². The zero-order valence-corrected chi connectivity index (χ0v) is 15.2. The van der Waals surface area contributed by atoms with Gasteiger partial charge in [0, 0.05) is 38.2 Å². The van der Waals surface area contributed by atoms with Crippen molar-refractivity contribution < 1.29 is 23.1 Å². The van der Waals surface area contributed by atoms with Crippen LogP contribution in [0.2, 0.25) is 0 Å². The van der Waals surface area contributed by atoms with Crippen LogP contribution in [0.1, 0.15) is 16.8 Å². The molecular formula is C17H22ClF2N3O3. The molecule has 0 radical (unpaired) electrons. The van der Waals surface area contributed by atoms with E-state index in [9.17, 15) is 18.4 Å². The van der Waals surface area contributed by atoms with Crippen molar-refractivity contribution in [1.82, 2.24) is 15.1 Å². The number of hydrogen-bond acceptors (Lipinski definition) is 4. The Balaban J connectivity index is 0.00000243. The van der Waals surface area contributed by atoms with Gasteiger partial charge in [-0.25, -0.2) is 8.78 Å². The van der Waals surface area contributed by atoms with Gasteiger partial charge in [-0.1, -0.05) is 0 Å². The lowest BCUT2D eigenvalue weighted by Gasteiger charge is -2.36. The lowest BCUT2D eigenvalue weighted by atomic mass is 10.1. The normalized spacial score (nSPS) is 21.9. The second-order valence-corrected chi connectivity index (χ2v) is 6.34. The molecule has 1 aromatic carbocycles. The van der Waals surface area contributed by atoms with Crippen LogP contribution in [0, 0.1) is 0 Å². The first-order chi connectivity index (χ1) is 11.9. The molecule has 26 heavy (non-hydrogen) atoms. The molecule has 2 amide bonds. The van der Waals surface area contributed by atoms with E-state index in [-0.39, 0.29) is 24.2 Å². The molecule has 1 unspecified atom stereocenters. The zero-order valence-electron chi connectivity index (χ0n) is 14.4. The summed E-state index contributed by atoms with van der Waals surface area (Å²) in [6.45, 7) is 1.02. The molecule has 0 bridgehead atoms. The first-order valence-corrected chi connectivity index (χ1v) is 8.23. The van der Waals surface area contributed by atoms with E-state index in [2.05, 4.69) is 5.32 Å². The molecule has 2 aliphatic rings. The number of nitrogens with one attached hydrogen (secondary N) is 1. The van der Waals surface area contributed by atoms with Crippen LogP contribution >= 0.6 is 12.4 Å². The second-order valence-electron chi connectivity index (χ2n) is 6.34. The quantitative estimate of drug-likeness (QED) is 0.849. The topological polar surface area (TPSA) is 61.9 Å². The Morgan fingerprint density at radius 2 is 1.69 bits per heavy atom. The predicted molar refractivity (Wildman–Crippen MR) is 94.1 cm³/mol. The lowest BCUT2D eigenvalue weighted by Crippen LogP contribution is -2.54. The standard InChI is InChI=1S/C17H21F2N3O3.ClH/c1-25-13-4-2-12(3-5-13)15(23)21-6-8-22(9-7-21)16(24)14-10-17(18,19)11-20-14;/h2-5,14,20H,6-11H2,1H3;1H. The highest BCUT2D eigenvalue weighted by Gasteiger charge is 2.43. The van der Waals surface area contributed by atoms with Crippen LogP contribution in [-0.4, -0.2) is 73.4 Å². The van der Waals surface area contributed by atoms with Gasteiger partial charge in [-0.3, -0.25) is 14.9 Å². The molecule has 2 heterocycles. The van der Waals surface area contributed by atoms with Gasteiger partial charge >= 0.3 is 0 Å². The Kier molecular flexibility index (Phi) is 6.41. The summed E-state index contributed by atoms with van der Waals surface area (Å²) >= 11 is 0. The molecule has 9 heteroatoms. The van der Waals surface area contributed by atoms with E-state index < -0.39 is 24.9 Å². The molecule has 1 aromatic rings. The van der Waals surface area contributed by atoms with Gasteiger partial charge < -0.3 is 14.5 Å². The van der Waals surface area contributed by atoms with Crippen molar-refractivity contribution in [1.29, 1.82) is 0 Å².